The van der Waals surface area contributed by atoms with Crippen molar-refractivity contribution in [3.05, 3.63) is 49.9 Å². The molecular formula is C13H12Cl2N2O. The van der Waals surface area contributed by atoms with E-state index in [1.807, 2.05) is 6.92 Å². The molecule has 1 heterocycles. The number of rotatable bonds is 2. The zero-order valence-electron chi connectivity index (χ0n) is 10.1. The van der Waals surface area contributed by atoms with Crippen molar-refractivity contribution < 1.29 is 0 Å². The molecule has 0 amide bonds. The molecule has 0 radical (unpaired) electrons. The van der Waals surface area contributed by atoms with Crippen LogP contribution in [-0.2, 0) is 6.42 Å². The molecule has 0 atom stereocenters. The average Bonchev–Trinajstić information content (AvgIpc) is 2.36. The van der Waals surface area contributed by atoms with Gasteiger partial charge in [-0.05, 0) is 25.5 Å². The molecule has 0 aliphatic heterocycles. The van der Waals surface area contributed by atoms with Crippen molar-refractivity contribution in [3.63, 3.8) is 0 Å². The third kappa shape index (κ3) is 2.28. The van der Waals surface area contributed by atoms with Gasteiger partial charge < -0.3 is 4.98 Å². The van der Waals surface area contributed by atoms with E-state index in [1.165, 1.54) is 0 Å². The molecule has 1 N–H and O–H groups in total. The Kier molecular flexibility index (Phi) is 3.73. The van der Waals surface area contributed by atoms with Crippen molar-refractivity contribution in [1.29, 1.82) is 0 Å². The Balaban J connectivity index is 2.68. The molecule has 1 aromatic carbocycles. The molecule has 1 aromatic heterocycles. The second-order valence-corrected chi connectivity index (χ2v) is 4.73. The molecule has 18 heavy (non-hydrogen) atoms. The number of aromatic amines is 1. The summed E-state index contributed by atoms with van der Waals surface area (Å²) in [4.78, 5) is 19.0. The molecule has 0 fully saturated rings. The summed E-state index contributed by atoms with van der Waals surface area (Å²) in [6.45, 7) is 3.71. The first-order chi connectivity index (χ1) is 8.54. The predicted octanol–water partition coefficient (Wildman–Crippen LogP) is 3.61. The fraction of sp³-hybridized carbons (Fsp3) is 0.231. The minimum Gasteiger partial charge on any atom is -0.306 e. The standard InChI is InChI=1S/C13H12Cl2N2O/c1-3-10-7(2)13(18)17-12(16-10)8-5-4-6-9(14)11(8)15/h4-6H,3H2,1-2H3,(H,16,17,18). The minimum absolute atomic E-state index is 0.145. The minimum atomic E-state index is -0.145. The summed E-state index contributed by atoms with van der Waals surface area (Å²) in [5.41, 5.74) is 1.90. The maximum Gasteiger partial charge on any atom is 0.254 e. The number of nitrogens with zero attached hydrogens (tertiary/aromatic N) is 1. The lowest BCUT2D eigenvalue weighted by atomic mass is 10.1. The number of nitrogens with one attached hydrogen (secondary N) is 1. The monoisotopic (exact) mass is 282 g/mol. The molecular weight excluding hydrogens is 271 g/mol. The van der Waals surface area contributed by atoms with Crippen LogP contribution in [0, 0.1) is 6.92 Å². The van der Waals surface area contributed by atoms with E-state index in [2.05, 4.69) is 9.97 Å². The van der Waals surface area contributed by atoms with Crippen molar-refractivity contribution in [1.82, 2.24) is 9.97 Å². The molecule has 94 valence electrons. The van der Waals surface area contributed by atoms with Gasteiger partial charge in [0, 0.05) is 11.1 Å². The van der Waals surface area contributed by atoms with Gasteiger partial charge in [0.25, 0.3) is 5.56 Å². The average molecular weight is 283 g/mol. The third-order valence-corrected chi connectivity index (χ3v) is 3.61. The number of hydrogen-bond donors (Lipinski definition) is 1. The lowest BCUT2D eigenvalue weighted by molar-refractivity contribution is 0.955. The topological polar surface area (TPSA) is 45.8 Å². The number of aromatic nitrogens is 2. The van der Waals surface area contributed by atoms with Crippen molar-refractivity contribution in [2.45, 2.75) is 20.3 Å². The quantitative estimate of drug-likeness (QED) is 0.915. The fourth-order valence-corrected chi connectivity index (χ4v) is 2.13. The van der Waals surface area contributed by atoms with Gasteiger partial charge in [-0.2, -0.15) is 0 Å². The summed E-state index contributed by atoms with van der Waals surface area (Å²) in [6, 6.07) is 5.25. The molecule has 2 aromatic rings. The fourth-order valence-electron chi connectivity index (χ4n) is 1.74. The van der Waals surface area contributed by atoms with Crippen LogP contribution in [0.5, 0.6) is 0 Å². The molecule has 0 saturated heterocycles. The van der Waals surface area contributed by atoms with Crippen LogP contribution < -0.4 is 5.56 Å². The molecule has 0 aliphatic rings. The predicted molar refractivity (Wildman–Crippen MR) is 74.4 cm³/mol. The van der Waals surface area contributed by atoms with Gasteiger partial charge >= 0.3 is 0 Å². The molecule has 0 spiro atoms. The van der Waals surface area contributed by atoms with Crippen LogP contribution in [0.1, 0.15) is 18.2 Å². The van der Waals surface area contributed by atoms with Gasteiger partial charge in [0.2, 0.25) is 0 Å². The molecule has 5 heteroatoms. The lowest BCUT2D eigenvalue weighted by Gasteiger charge is -2.08. The highest BCUT2D eigenvalue weighted by Gasteiger charge is 2.12. The van der Waals surface area contributed by atoms with Gasteiger partial charge in [0.15, 0.2) is 0 Å². The summed E-state index contributed by atoms with van der Waals surface area (Å²) in [5.74, 6) is 0.454. The van der Waals surface area contributed by atoms with Crippen LogP contribution in [0.15, 0.2) is 23.0 Å². The number of halogens is 2. The van der Waals surface area contributed by atoms with Crippen molar-refractivity contribution in [2.75, 3.05) is 0 Å². The molecule has 0 aliphatic carbocycles. The van der Waals surface area contributed by atoms with E-state index in [0.29, 0.717) is 33.4 Å². The van der Waals surface area contributed by atoms with Crippen molar-refractivity contribution in [2.24, 2.45) is 0 Å². The molecule has 0 saturated carbocycles. The van der Waals surface area contributed by atoms with Crippen LogP contribution in [0.25, 0.3) is 11.4 Å². The highest BCUT2D eigenvalue weighted by molar-refractivity contribution is 6.43. The Morgan fingerprint density at radius 1 is 1.33 bits per heavy atom. The Labute approximate surface area is 115 Å². The number of H-pyrrole nitrogens is 1. The SMILES string of the molecule is CCc1nc(-c2cccc(Cl)c2Cl)[nH]c(=O)c1C. The lowest BCUT2D eigenvalue weighted by Crippen LogP contribution is -2.15. The summed E-state index contributed by atoms with van der Waals surface area (Å²) in [5, 5.41) is 0.837. The second-order valence-electron chi connectivity index (χ2n) is 3.94. The first-order valence-electron chi connectivity index (χ1n) is 5.58. The van der Waals surface area contributed by atoms with Crippen LogP contribution in [0.4, 0.5) is 0 Å². The van der Waals surface area contributed by atoms with Crippen LogP contribution in [0.3, 0.4) is 0 Å². The van der Waals surface area contributed by atoms with Crippen LogP contribution >= 0.6 is 23.2 Å². The van der Waals surface area contributed by atoms with Gasteiger partial charge in [-0.3, -0.25) is 4.79 Å². The van der Waals surface area contributed by atoms with Gasteiger partial charge in [0.05, 0.1) is 15.7 Å². The second kappa shape index (κ2) is 5.12. The molecule has 3 nitrogen and oxygen atoms in total. The van der Waals surface area contributed by atoms with E-state index in [9.17, 15) is 4.79 Å². The number of benzene rings is 1. The van der Waals surface area contributed by atoms with Gasteiger partial charge in [-0.1, -0.05) is 36.2 Å². The molecule has 2 rings (SSSR count). The Morgan fingerprint density at radius 2 is 2.06 bits per heavy atom. The first kappa shape index (κ1) is 13.1. The summed E-state index contributed by atoms with van der Waals surface area (Å²) in [6.07, 6.45) is 0.695. The largest absolute Gasteiger partial charge is 0.306 e. The number of aryl methyl sites for hydroxylation is 1. The highest BCUT2D eigenvalue weighted by Crippen LogP contribution is 2.31. The van der Waals surface area contributed by atoms with Gasteiger partial charge in [0.1, 0.15) is 5.82 Å². The Morgan fingerprint density at radius 3 is 2.72 bits per heavy atom. The van der Waals surface area contributed by atoms with Crippen LogP contribution in [-0.4, -0.2) is 9.97 Å². The maximum absolute atomic E-state index is 11.8. The van der Waals surface area contributed by atoms with Gasteiger partial charge in [-0.25, -0.2) is 4.98 Å². The highest BCUT2D eigenvalue weighted by atomic mass is 35.5. The van der Waals surface area contributed by atoms with Gasteiger partial charge in [-0.15, -0.1) is 0 Å². The zero-order valence-corrected chi connectivity index (χ0v) is 11.6. The summed E-state index contributed by atoms with van der Waals surface area (Å²) in [7, 11) is 0. The molecule has 0 bridgehead atoms. The van der Waals surface area contributed by atoms with E-state index in [4.69, 9.17) is 23.2 Å². The normalized spacial score (nSPS) is 10.7. The van der Waals surface area contributed by atoms with Crippen molar-refractivity contribution in [3.8, 4) is 11.4 Å². The smallest absolute Gasteiger partial charge is 0.254 e. The van der Waals surface area contributed by atoms with Crippen molar-refractivity contribution >= 4 is 23.2 Å². The Bertz CT molecular complexity index is 650. The summed E-state index contributed by atoms with van der Waals surface area (Å²) < 4.78 is 0. The van der Waals surface area contributed by atoms with Crippen LogP contribution in [0.2, 0.25) is 10.0 Å². The third-order valence-electron chi connectivity index (χ3n) is 2.79. The number of hydrogen-bond acceptors (Lipinski definition) is 2. The maximum atomic E-state index is 11.8. The summed E-state index contributed by atoms with van der Waals surface area (Å²) >= 11 is 12.1. The van der Waals surface area contributed by atoms with E-state index in [-0.39, 0.29) is 5.56 Å². The Hall–Kier alpha value is -1.32. The zero-order chi connectivity index (χ0) is 13.3. The molecule has 0 unspecified atom stereocenters. The van der Waals surface area contributed by atoms with E-state index in [1.54, 1.807) is 25.1 Å². The van der Waals surface area contributed by atoms with E-state index >= 15 is 0 Å². The van der Waals surface area contributed by atoms with E-state index < -0.39 is 0 Å². The first-order valence-corrected chi connectivity index (χ1v) is 6.34. The van der Waals surface area contributed by atoms with E-state index in [0.717, 1.165) is 5.69 Å².